The van der Waals surface area contributed by atoms with E-state index in [0.717, 1.165) is 0 Å². The van der Waals surface area contributed by atoms with Crippen LogP contribution in [0.3, 0.4) is 0 Å². The molecule has 0 fully saturated rings. The zero-order valence-electron chi connectivity index (χ0n) is 12.4. The van der Waals surface area contributed by atoms with Crippen molar-refractivity contribution in [2.24, 2.45) is 0 Å². The van der Waals surface area contributed by atoms with Crippen LogP contribution in [-0.2, 0) is 24.4 Å². The van der Waals surface area contributed by atoms with Crippen LogP contribution in [0.2, 0.25) is 0 Å². The van der Waals surface area contributed by atoms with Gasteiger partial charge in [-0.2, -0.15) is 20.2 Å². The van der Waals surface area contributed by atoms with Crippen LogP contribution in [0.4, 0.5) is 4.79 Å². The van der Waals surface area contributed by atoms with E-state index >= 15 is 0 Å². The number of nitrogens with one attached hydrogen (secondary N) is 1. The third-order valence-corrected chi connectivity index (χ3v) is 3.00. The van der Waals surface area contributed by atoms with E-state index in [2.05, 4.69) is 10.1 Å². The van der Waals surface area contributed by atoms with Gasteiger partial charge in [-0.3, -0.25) is 4.55 Å². The maximum atomic E-state index is 11.7. The molecule has 0 aromatic rings. The molecule has 1 atom stereocenters. The number of carbonyl (C=O) groups excluding carboxylic acids is 2. The van der Waals surface area contributed by atoms with Crippen LogP contribution in [-0.4, -0.2) is 54.6 Å². The van der Waals surface area contributed by atoms with E-state index in [1.54, 1.807) is 20.8 Å². The molecule has 2 N–H and O–H groups in total. The predicted molar refractivity (Wildman–Crippen MR) is 78.7 cm³/mol. The van der Waals surface area contributed by atoms with Crippen LogP contribution in [0.15, 0.2) is 0 Å². The molecule has 1 amide bonds. The molecule has 0 aromatic carbocycles. The molecular weight excluding hydrogens is 322 g/mol. The molecule has 0 rings (SSSR count). The maximum Gasteiger partial charge on any atom is 0.408 e. The number of hydrogen-bond acceptors (Lipinski definition) is 7. The maximum absolute atomic E-state index is 11.7. The number of ether oxygens (including phenoxy) is 2. The summed E-state index contributed by atoms with van der Waals surface area (Å²) >= 11 is 1.44. The fourth-order valence-electron chi connectivity index (χ4n) is 1.17. The molecule has 0 radical (unpaired) electrons. The van der Waals surface area contributed by atoms with Crippen molar-refractivity contribution in [1.82, 2.24) is 5.32 Å². The Balaban J connectivity index is 4.63. The lowest BCUT2D eigenvalue weighted by molar-refractivity contribution is -0.144. The molecule has 0 aliphatic carbocycles. The Kier molecular flexibility index (Phi) is 8.04. The predicted octanol–water partition coefficient (Wildman–Crippen LogP) is 1.02. The van der Waals surface area contributed by atoms with E-state index in [-0.39, 0.29) is 6.42 Å². The normalized spacial score (nSPS) is 13.4. The summed E-state index contributed by atoms with van der Waals surface area (Å²) in [5.41, 5.74) is -0.730. The van der Waals surface area contributed by atoms with Crippen LogP contribution >= 0.6 is 11.8 Å². The van der Waals surface area contributed by atoms with Gasteiger partial charge in [-0.05, 0) is 39.2 Å². The van der Waals surface area contributed by atoms with Gasteiger partial charge in [0, 0.05) is 0 Å². The van der Waals surface area contributed by atoms with E-state index in [1.165, 1.54) is 11.8 Å². The summed E-state index contributed by atoms with van der Waals surface area (Å²) in [7, 11) is -4.42. The number of rotatable bonds is 7. The van der Waals surface area contributed by atoms with E-state index in [0.29, 0.717) is 5.75 Å². The molecular formula is C11H21NO7S2. The second-order valence-electron chi connectivity index (χ2n) is 5.14. The first-order valence-electron chi connectivity index (χ1n) is 6.05. The second-order valence-corrected chi connectivity index (χ2v) is 7.53. The fourth-order valence-corrected chi connectivity index (χ4v) is 1.90. The van der Waals surface area contributed by atoms with Crippen LogP contribution in [0.25, 0.3) is 0 Å². The molecule has 0 bridgehead atoms. The number of esters is 1. The minimum absolute atomic E-state index is 0.241. The Labute approximate surface area is 128 Å². The van der Waals surface area contributed by atoms with Gasteiger partial charge < -0.3 is 14.8 Å². The van der Waals surface area contributed by atoms with Crippen molar-refractivity contribution in [2.45, 2.75) is 38.8 Å². The van der Waals surface area contributed by atoms with E-state index in [1.807, 2.05) is 6.26 Å². The smallest absolute Gasteiger partial charge is 0.408 e. The molecule has 1 unspecified atom stereocenters. The summed E-state index contributed by atoms with van der Waals surface area (Å²) in [6, 6.07) is -1.05. The summed E-state index contributed by atoms with van der Waals surface area (Å²) in [4.78, 5) is 23.3. The van der Waals surface area contributed by atoms with Gasteiger partial charge in [0.05, 0.1) is 0 Å². The fraction of sp³-hybridized carbons (Fsp3) is 0.818. The summed E-state index contributed by atoms with van der Waals surface area (Å²) in [5.74, 6) is -1.56. The summed E-state index contributed by atoms with van der Waals surface area (Å²) < 4.78 is 39.1. The van der Waals surface area contributed by atoms with E-state index in [4.69, 9.17) is 9.29 Å². The molecule has 10 heteroatoms. The number of alkyl carbamates (subject to hydrolysis) is 1. The van der Waals surface area contributed by atoms with Gasteiger partial charge in [-0.1, -0.05) is 0 Å². The van der Waals surface area contributed by atoms with Crippen LogP contribution in [0.1, 0.15) is 27.2 Å². The van der Waals surface area contributed by atoms with Gasteiger partial charge >= 0.3 is 22.2 Å². The average molecular weight is 343 g/mol. The third kappa shape index (κ3) is 11.3. The zero-order valence-corrected chi connectivity index (χ0v) is 14.0. The summed E-state index contributed by atoms with van der Waals surface area (Å²) in [6.45, 7) is 5.00. The highest BCUT2D eigenvalue weighted by molar-refractivity contribution is 7.98. The minimum Gasteiger partial charge on any atom is -0.445 e. The Morgan fingerprint density at radius 1 is 1.33 bits per heavy atom. The molecule has 0 heterocycles. The number of thioether (sulfide) groups is 1. The quantitative estimate of drug-likeness (QED) is 0.519. The first-order chi connectivity index (χ1) is 9.44. The number of hydrogen-bond donors (Lipinski definition) is 2. The van der Waals surface area contributed by atoms with Crippen molar-refractivity contribution in [3.05, 3.63) is 0 Å². The molecule has 124 valence electrons. The standard InChI is InChI=1S/C11H21NO7S2/c1-11(2,3)19-10(14)12-8(5-6-20-4)9(13)18-7-21(15,16)17/h8H,5-7H2,1-4H3,(H,12,14)(H,15,16,17). The Morgan fingerprint density at radius 2 is 1.90 bits per heavy atom. The van der Waals surface area contributed by atoms with E-state index < -0.39 is 39.8 Å². The molecule has 0 aliphatic heterocycles. The van der Waals surface area contributed by atoms with Crippen molar-refractivity contribution in [3.63, 3.8) is 0 Å². The molecule has 21 heavy (non-hydrogen) atoms. The molecule has 0 spiro atoms. The van der Waals surface area contributed by atoms with Crippen molar-refractivity contribution >= 4 is 33.9 Å². The van der Waals surface area contributed by atoms with Gasteiger partial charge in [-0.25, -0.2) is 9.59 Å². The second kappa shape index (κ2) is 8.44. The van der Waals surface area contributed by atoms with Gasteiger partial charge in [0.1, 0.15) is 11.6 Å². The highest BCUT2D eigenvalue weighted by Crippen LogP contribution is 2.09. The van der Waals surface area contributed by atoms with Crippen molar-refractivity contribution < 1.29 is 32.0 Å². The molecule has 0 aromatic heterocycles. The first kappa shape index (κ1) is 20.0. The van der Waals surface area contributed by atoms with Crippen molar-refractivity contribution in [1.29, 1.82) is 0 Å². The van der Waals surface area contributed by atoms with E-state index in [9.17, 15) is 18.0 Å². The Bertz CT molecular complexity index is 456. The largest absolute Gasteiger partial charge is 0.445 e. The summed E-state index contributed by atoms with van der Waals surface area (Å²) in [5, 5.41) is 2.32. The highest BCUT2D eigenvalue weighted by Gasteiger charge is 2.26. The first-order valence-corrected chi connectivity index (χ1v) is 9.05. The Morgan fingerprint density at radius 3 is 2.33 bits per heavy atom. The Hall–Kier alpha value is -1.00. The van der Waals surface area contributed by atoms with Crippen LogP contribution in [0, 0.1) is 0 Å². The topological polar surface area (TPSA) is 119 Å². The lowest BCUT2D eigenvalue weighted by Crippen LogP contribution is -2.44. The van der Waals surface area contributed by atoms with Gasteiger partial charge in [0.2, 0.25) is 5.94 Å². The minimum atomic E-state index is -4.42. The third-order valence-electron chi connectivity index (χ3n) is 1.94. The average Bonchev–Trinajstić information content (AvgIpc) is 2.28. The molecule has 0 saturated carbocycles. The lowest BCUT2D eigenvalue weighted by Gasteiger charge is -2.22. The van der Waals surface area contributed by atoms with Gasteiger partial charge in [0.25, 0.3) is 0 Å². The number of carbonyl (C=O) groups is 2. The van der Waals surface area contributed by atoms with Crippen LogP contribution < -0.4 is 5.32 Å². The number of amides is 1. The highest BCUT2D eigenvalue weighted by atomic mass is 32.2. The zero-order chi connectivity index (χ0) is 16.7. The van der Waals surface area contributed by atoms with Crippen molar-refractivity contribution in [3.8, 4) is 0 Å². The van der Waals surface area contributed by atoms with Gasteiger partial charge in [-0.15, -0.1) is 0 Å². The summed E-state index contributed by atoms with van der Waals surface area (Å²) in [6.07, 6.45) is 1.25. The van der Waals surface area contributed by atoms with Crippen molar-refractivity contribution in [2.75, 3.05) is 17.9 Å². The molecule has 0 aliphatic rings. The monoisotopic (exact) mass is 343 g/mol. The molecule has 8 nitrogen and oxygen atoms in total. The van der Waals surface area contributed by atoms with Crippen LogP contribution in [0.5, 0.6) is 0 Å². The molecule has 0 saturated heterocycles. The lowest BCUT2D eigenvalue weighted by atomic mass is 10.2. The SMILES string of the molecule is CSCCC(NC(=O)OC(C)(C)C)C(=O)OCS(=O)(=O)O. The van der Waals surface area contributed by atoms with Gasteiger partial charge in [0.15, 0.2) is 0 Å².